The first-order valence-electron chi connectivity index (χ1n) is 13.8. The molecule has 1 aromatic heterocycles. The van der Waals surface area contributed by atoms with Gasteiger partial charge in [0.05, 0.1) is 6.20 Å². The lowest BCUT2D eigenvalue weighted by atomic mass is 9.82. The molecule has 0 saturated heterocycles. The van der Waals surface area contributed by atoms with Crippen molar-refractivity contribution >= 4 is 17.7 Å². The maximum Gasteiger partial charge on any atom is 0.272 e. The van der Waals surface area contributed by atoms with Crippen LogP contribution in [0.25, 0.3) is 0 Å². The molecule has 2 aliphatic rings. The van der Waals surface area contributed by atoms with E-state index >= 15 is 0 Å². The maximum atomic E-state index is 13.9. The number of hydrogen-bond donors (Lipinski definition) is 2. The minimum atomic E-state index is -0.722. The lowest BCUT2D eigenvalue weighted by molar-refractivity contribution is -0.142. The molecule has 2 aliphatic carbocycles. The molecular formula is C28H45N5O3. The van der Waals surface area contributed by atoms with Gasteiger partial charge in [-0.25, -0.2) is 4.98 Å². The van der Waals surface area contributed by atoms with E-state index in [-0.39, 0.29) is 29.5 Å². The summed E-state index contributed by atoms with van der Waals surface area (Å²) in [4.78, 5) is 50.6. The van der Waals surface area contributed by atoms with Crippen molar-refractivity contribution in [2.75, 3.05) is 6.54 Å². The lowest BCUT2D eigenvalue weighted by Gasteiger charge is -2.40. The predicted molar refractivity (Wildman–Crippen MR) is 140 cm³/mol. The number of aromatic nitrogens is 2. The normalized spacial score (nSPS) is 19.8. The van der Waals surface area contributed by atoms with Crippen LogP contribution in [-0.2, 0) is 9.59 Å². The first-order chi connectivity index (χ1) is 17.1. The van der Waals surface area contributed by atoms with Gasteiger partial charge >= 0.3 is 0 Å². The summed E-state index contributed by atoms with van der Waals surface area (Å²) in [6.45, 7) is 10.7. The van der Waals surface area contributed by atoms with Crippen molar-refractivity contribution < 1.29 is 14.4 Å². The number of rotatable bonds is 9. The molecule has 3 amide bonds. The van der Waals surface area contributed by atoms with Gasteiger partial charge in [0.2, 0.25) is 11.8 Å². The summed E-state index contributed by atoms with van der Waals surface area (Å²) in [6, 6.07) is -1.27. The summed E-state index contributed by atoms with van der Waals surface area (Å²) in [5.74, 6) is -0.226. The van der Waals surface area contributed by atoms with Crippen LogP contribution in [0.4, 0.5) is 0 Å². The molecule has 8 heteroatoms. The molecule has 1 aromatic rings. The molecule has 1 unspecified atom stereocenters. The number of amides is 3. The summed E-state index contributed by atoms with van der Waals surface area (Å²) in [5.41, 5.74) is -0.307. The molecule has 0 radical (unpaired) electrons. The zero-order valence-corrected chi connectivity index (χ0v) is 22.8. The molecule has 200 valence electrons. The molecule has 0 aliphatic heterocycles. The van der Waals surface area contributed by atoms with E-state index in [0.29, 0.717) is 12.5 Å². The molecule has 0 spiro atoms. The van der Waals surface area contributed by atoms with Crippen LogP contribution in [0.3, 0.4) is 0 Å². The Morgan fingerprint density at radius 3 is 2.14 bits per heavy atom. The average Bonchev–Trinajstić information content (AvgIpc) is 3.41. The van der Waals surface area contributed by atoms with Crippen LogP contribution in [0.5, 0.6) is 0 Å². The Morgan fingerprint density at radius 1 is 0.972 bits per heavy atom. The summed E-state index contributed by atoms with van der Waals surface area (Å²) in [5, 5.41) is 6.02. The van der Waals surface area contributed by atoms with Crippen molar-refractivity contribution in [1.82, 2.24) is 25.5 Å². The maximum absolute atomic E-state index is 13.9. The van der Waals surface area contributed by atoms with E-state index in [9.17, 15) is 14.4 Å². The third kappa shape index (κ3) is 7.04. The van der Waals surface area contributed by atoms with Gasteiger partial charge in [-0.15, -0.1) is 0 Å². The van der Waals surface area contributed by atoms with Crippen LogP contribution >= 0.6 is 0 Å². The van der Waals surface area contributed by atoms with E-state index in [0.717, 1.165) is 44.9 Å². The van der Waals surface area contributed by atoms with E-state index in [1.54, 1.807) is 0 Å². The van der Waals surface area contributed by atoms with Crippen LogP contribution in [0.1, 0.15) is 103 Å². The van der Waals surface area contributed by atoms with Gasteiger partial charge in [0.25, 0.3) is 5.91 Å². The highest BCUT2D eigenvalue weighted by Crippen LogP contribution is 2.32. The van der Waals surface area contributed by atoms with E-state index in [2.05, 4.69) is 27.5 Å². The Balaban J connectivity index is 1.81. The van der Waals surface area contributed by atoms with Crippen molar-refractivity contribution in [3.63, 3.8) is 0 Å². The Bertz CT molecular complexity index is 873. The van der Waals surface area contributed by atoms with Crippen molar-refractivity contribution in [2.45, 2.75) is 111 Å². The van der Waals surface area contributed by atoms with Gasteiger partial charge in [0.15, 0.2) is 0 Å². The second-order valence-corrected chi connectivity index (χ2v) is 11.7. The number of nitrogens with zero attached hydrogens (tertiary/aromatic N) is 3. The smallest absolute Gasteiger partial charge is 0.272 e. The molecule has 2 saturated carbocycles. The highest BCUT2D eigenvalue weighted by atomic mass is 16.2. The first-order valence-corrected chi connectivity index (χ1v) is 13.8. The molecule has 2 N–H and O–H groups in total. The van der Waals surface area contributed by atoms with E-state index < -0.39 is 23.4 Å². The summed E-state index contributed by atoms with van der Waals surface area (Å²) >= 11 is 0. The third-order valence-electron chi connectivity index (χ3n) is 8.08. The van der Waals surface area contributed by atoms with Crippen molar-refractivity contribution in [2.24, 2.45) is 17.3 Å². The molecule has 3 rings (SSSR count). The SMILES string of the molecule is CCN(C(=O)C(NC(=O)[C@@H](NC(=O)c1cnccn1)C1CCCCC1)C(C)(C)C)[C@H](C)C1CCCC1. The van der Waals surface area contributed by atoms with E-state index in [1.807, 2.05) is 32.6 Å². The summed E-state index contributed by atoms with van der Waals surface area (Å²) in [6.07, 6.45) is 14.0. The quantitative estimate of drug-likeness (QED) is 0.532. The molecule has 3 atom stereocenters. The van der Waals surface area contributed by atoms with E-state index in [4.69, 9.17) is 0 Å². The second-order valence-electron chi connectivity index (χ2n) is 11.7. The number of hydrogen-bond acceptors (Lipinski definition) is 5. The molecule has 8 nitrogen and oxygen atoms in total. The average molecular weight is 500 g/mol. The van der Waals surface area contributed by atoms with Crippen molar-refractivity contribution in [3.05, 3.63) is 24.3 Å². The minimum absolute atomic E-state index is 0.0229. The van der Waals surface area contributed by atoms with Crippen molar-refractivity contribution in [3.8, 4) is 0 Å². The fourth-order valence-electron chi connectivity index (χ4n) is 5.88. The van der Waals surface area contributed by atoms with Crippen molar-refractivity contribution in [1.29, 1.82) is 0 Å². The Hall–Kier alpha value is -2.51. The summed E-state index contributed by atoms with van der Waals surface area (Å²) in [7, 11) is 0. The largest absolute Gasteiger partial charge is 0.342 e. The number of carbonyl (C=O) groups excluding carboxylic acids is 3. The molecule has 1 heterocycles. The Kier molecular flexibility index (Phi) is 9.85. The lowest BCUT2D eigenvalue weighted by Crippen LogP contribution is -2.61. The standard InChI is InChI=1S/C28H45N5O3/c1-6-33(19(2)20-12-10-11-13-20)27(36)24(28(3,4)5)32-26(35)23(21-14-8-7-9-15-21)31-25(34)22-18-29-16-17-30-22/h16-21,23-24H,6-15H2,1-5H3,(H,31,34)(H,32,35)/t19-,23+,24?/m1/s1. The van der Waals surface area contributed by atoms with Gasteiger partial charge < -0.3 is 15.5 Å². The van der Waals surface area contributed by atoms with Crippen LogP contribution in [0.15, 0.2) is 18.6 Å². The van der Waals surface area contributed by atoms with Gasteiger partial charge in [-0.3, -0.25) is 19.4 Å². The number of nitrogens with one attached hydrogen (secondary N) is 2. The molecule has 0 aromatic carbocycles. The van der Waals surface area contributed by atoms with Gasteiger partial charge in [-0.2, -0.15) is 0 Å². The minimum Gasteiger partial charge on any atom is -0.342 e. The van der Waals surface area contributed by atoms with Gasteiger partial charge in [-0.1, -0.05) is 52.9 Å². The highest BCUT2D eigenvalue weighted by molar-refractivity contribution is 5.97. The molecule has 2 fully saturated rings. The molecule has 36 heavy (non-hydrogen) atoms. The van der Waals surface area contributed by atoms with E-state index in [1.165, 1.54) is 31.4 Å². The predicted octanol–water partition coefficient (Wildman–Crippen LogP) is 4.11. The highest BCUT2D eigenvalue weighted by Gasteiger charge is 2.41. The van der Waals surface area contributed by atoms with Crippen LogP contribution < -0.4 is 10.6 Å². The fourth-order valence-corrected chi connectivity index (χ4v) is 5.88. The number of carbonyl (C=O) groups is 3. The first kappa shape index (κ1) is 28.1. The Labute approximate surface area is 216 Å². The molecular weight excluding hydrogens is 454 g/mol. The van der Waals surface area contributed by atoms with Gasteiger partial charge in [0, 0.05) is 25.0 Å². The monoisotopic (exact) mass is 499 g/mol. The fraction of sp³-hybridized carbons (Fsp3) is 0.750. The van der Waals surface area contributed by atoms with Crippen LogP contribution in [0.2, 0.25) is 0 Å². The Morgan fingerprint density at radius 2 is 1.58 bits per heavy atom. The van der Waals surface area contributed by atoms with Crippen LogP contribution in [0, 0.1) is 17.3 Å². The second kappa shape index (κ2) is 12.6. The topological polar surface area (TPSA) is 104 Å². The third-order valence-corrected chi connectivity index (χ3v) is 8.08. The van der Waals surface area contributed by atoms with Gasteiger partial charge in [-0.05, 0) is 56.8 Å². The zero-order valence-electron chi connectivity index (χ0n) is 22.8. The van der Waals surface area contributed by atoms with Crippen LogP contribution in [-0.4, -0.2) is 57.3 Å². The van der Waals surface area contributed by atoms with Gasteiger partial charge in [0.1, 0.15) is 17.8 Å². The zero-order chi connectivity index (χ0) is 26.3. The number of likely N-dealkylation sites (N-methyl/N-ethyl adjacent to an activating group) is 1. The summed E-state index contributed by atoms with van der Waals surface area (Å²) < 4.78 is 0. The molecule has 0 bridgehead atoms.